The quantitative estimate of drug-likeness (QED) is 0.572. The Morgan fingerprint density at radius 1 is 1.35 bits per heavy atom. The highest BCUT2D eigenvalue weighted by molar-refractivity contribution is 8.04. The average Bonchev–Trinajstić information content (AvgIpc) is 3.00. The van der Waals surface area contributed by atoms with Crippen molar-refractivity contribution in [2.45, 2.75) is 19.8 Å². The van der Waals surface area contributed by atoms with Crippen LogP contribution in [0.1, 0.15) is 51.1 Å². The molecule has 0 saturated heterocycles. The number of carbonyl (C=O) groups excluding carboxylic acids is 3. The predicted octanol–water partition coefficient (Wildman–Crippen LogP) is 2.01. The number of Topliss-reactive ketones (excluding diaryl/α,β-unsaturated/α-hetero) is 1. The van der Waals surface area contributed by atoms with Gasteiger partial charge in [0.05, 0.1) is 17.6 Å². The van der Waals surface area contributed by atoms with Crippen LogP contribution in [-0.4, -0.2) is 53.8 Å². The maximum Gasteiger partial charge on any atom is 0.359 e. The van der Waals surface area contributed by atoms with Crippen molar-refractivity contribution in [3.05, 3.63) is 27.9 Å². The smallest absolute Gasteiger partial charge is 0.359 e. The SMILES string of the molecule is CCOCCCCSC1=CC(=O)c2[nH]nc(C(=O)OC)c2C1=O. The fraction of sp³-hybridized carbons (Fsp3) is 0.467. The van der Waals surface area contributed by atoms with Gasteiger partial charge in [0.15, 0.2) is 5.69 Å². The number of ether oxygens (including phenoxy) is 2. The molecule has 0 aliphatic heterocycles. The molecule has 8 heteroatoms. The number of allylic oxidation sites excluding steroid dienone is 2. The van der Waals surface area contributed by atoms with Gasteiger partial charge in [0.1, 0.15) is 5.69 Å². The first kappa shape index (κ1) is 17.4. The minimum atomic E-state index is -0.744. The number of methoxy groups -OCH3 is 1. The van der Waals surface area contributed by atoms with Crippen LogP contribution in [0.15, 0.2) is 11.0 Å². The third-order valence-corrected chi connectivity index (χ3v) is 4.36. The Bertz CT molecular complexity index is 650. The summed E-state index contributed by atoms with van der Waals surface area (Å²) < 4.78 is 9.84. The third-order valence-electron chi connectivity index (χ3n) is 3.25. The zero-order chi connectivity index (χ0) is 16.8. The lowest BCUT2D eigenvalue weighted by Gasteiger charge is -2.11. The molecule has 0 amide bonds. The molecule has 124 valence electrons. The largest absolute Gasteiger partial charge is 0.464 e. The van der Waals surface area contributed by atoms with Crippen molar-refractivity contribution in [1.82, 2.24) is 10.2 Å². The molecule has 1 aromatic rings. The zero-order valence-corrected chi connectivity index (χ0v) is 13.8. The number of rotatable bonds is 8. The lowest BCUT2D eigenvalue weighted by molar-refractivity contribution is 0.0591. The normalized spacial score (nSPS) is 13.7. The first-order chi connectivity index (χ1) is 11.1. The molecule has 1 aliphatic rings. The second-order valence-corrected chi connectivity index (χ2v) is 5.91. The van der Waals surface area contributed by atoms with E-state index in [1.807, 2.05) is 6.92 Å². The summed E-state index contributed by atoms with van der Waals surface area (Å²) in [4.78, 5) is 36.5. The van der Waals surface area contributed by atoms with Gasteiger partial charge in [0, 0.05) is 19.3 Å². The van der Waals surface area contributed by atoms with Gasteiger partial charge in [-0.25, -0.2) is 4.79 Å². The minimum Gasteiger partial charge on any atom is -0.464 e. The highest BCUT2D eigenvalue weighted by atomic mass is 32.2. The Morgan fingerprint density at radius 2 is 2.13 bits per heavy atom. The Hall–Kier alpha value is -1.93. The van der Waals surface area contributed by atoms with Gasteiger partial charge < -0.3 is 9.47 Å². The van der Waals surface area contributed by atoms with Crippen molar-refractivity contribution in [3.63, 3.8) is 0 Å². The van der Waals surface area contributed by atoms with E-state index in [1.165, 1.54) is 24.9 Å². The van der Waals surface area contributed by atoms with Crippen LogP contribution in [-0.2, 0) is 9.47 Å². The molecule has 1 aliphatic carbocycles. The van der Waals surface area contributed by atoms with Crippen molar-refractivity contribution >= 4 is 29.3 Å². The molecule has 0 fully saturated rings. The van der Waals surface area contributed by atoms with E-state index in [0.29, 0.717) is 23.9 Å². The highest BCUT2D eigenvalue weighted by Gasteiger charge is 2.34. The van der Waals surface area contributed by atoms with E-state index in [2.05, 4.69) is 14.9 Å². The number of unbranched alkanes of at least 4 members (excludes halogenated alkanes) is 1. The number of hydrogen-bond acceptors (Lipinski definition) is 7. The van der Waals surface area contributed by atoms with E-state index in [4.69, 9.17) is 4.74 Å². The predicted molar refractivity (Wildman–Crippen MR) is 84.9 cm³/mol. The number of aromatic nitrogens is 2. The highest BCUT2D eigenvalue weighted by Crippen LogP contribution is 2.30. The molecule has 1 N–H and O–H groups in total. The summed E-state index contributed by atoms with van der Waals surface area (Å²) >= 11 is 1.30. The summed E-state index contributed by atoms with van der Waals surface area (Å²) in [5, 5.41) is 6.17. The minimum absolute atomic E-state index is 0.00108. The number of nitrogens with zero attached hydrogens (tertiary/aromatic N) is 1. The molecular formula is C15H18N2O5S. The van der Waals surface area contributed by atoms with Crippen molar-refractivity contribution in [3.8, 4) is 0 Å². The first-order valence-corrected chi connectivity index (χ1v) is 8.26. The molecule has 0 radical (unpaired) electrons. The Morgan fingerprint density at radius 3 is 2.83 bits per heavy atom. The maximum absolute atomic E-state index is 12.5. The summed E-state index contributed by atoms with van der Waals surface area (Å²) in [6, 6.07) is 0. The van der Waals surface area contributed by atoms with E-state index >= 15 is 0 Å². The van der Waals surface area contributed by atoms with E-state index in [9.17, 15) is 14.4 Å². The number of carbonyl (C=O) groups is 3. The van der Waals surface area contributed by atoms with Crippen LogP contribution in [0.4, 0.5) is 0 Å². The standard InChI is InChI=1S/C15H18N2O5S/c1-3-22-6-4-5-7-23-10-8-9(18)12-11(14(10)19)13(17-16-12)15(20)21-2/h8H,3-7H2,1-2H3,(H,16,17). The van der Waals surface area contributed by atoms with Crippen LogP contribution in [0.5, 0.6) is 0 Å². The van der Waals surface area contributed by atoms with Crippen LogP contribution < -0.4 is 0 Å². The maximum atomic E-state index is 12.5. The number of esters is 1. The molecule has 7 nitrogen and oxygen atoms in total. The summed E-state index contributed by atoms with van der Waals surface area (Å²) in [7, 11) is 1.20. The van der Waals surface area contributed by atoms with Gasteiger partial charge in [0.2, 0.25) is 11.6 Å². The molecule has 0 spiro atoms. The molecule has 1 heterocycles. The fourth-order valence-corrected chi connectivity index (χ4v) is 3.10. The van der Waals surface area contributed by atoms with E-state index in [0.717, 1.165) is 12.8 Å². The molecule has 1 aromatic heterocycles. The number of hydrogen-bond donors (Lipinski definition) is 1. The van der Waals surface area contributed by atoms with E-state index < -0.39 is 5.97 Å². The number of fused-ring (bicyclic) bond motifs is 1. The van der Waals surface area contributed by atoms with Gasteiger partial charge in [-0.2, -0.15) is 5.10 Å². The second-order valence-electron chi connectivity index (χ2n) is 4.77. The lowest BCUT2D eigenvalue weighted by atomic mass is 9.99. The van der Waals surface area contributed by atoms with Gasteiger partial charge in [-0.15, -0.1) is 11.8 Å². The Labute approximate surface area is 137 Å². The number of aromatic amines is 1. The topological polar surface area (TPSA) is 98.4 Å². The van der Waals surface area contributed by atoms with Gasteiger partial charge in [-0.1, -0.05) is 0 Å². The van der Waals surface area contributed by atoms with Crippen molar-refractivity contribution < 1.29 is 23.9 Å². The third kappa shape index (κ3) is 3.89. The summed E-state index contributed by atoms with van der Waals surface area (Å²) in [5.41, 5.74) is -0.111. The molecule has 0 aromatic carbocycles. The van der Waals surface area contributed by atoms with Crippen molar-refractivity contribution in [2.24, 2.45) is 0 Å². The van der Waals surface area contributed by atoms with Crippen LogP contribution >= 0.6 is 11.8 Å². The van der Waals surface area contributed by atoms with Gasteiger partial charge in [-0.3, -0.25) is 14.7 Å². The van der Waals surface area contributed by atoms with Gasteiger partial charge in [-0.05, 0) is 25.5 Å². The molecule has 0 atom stereocenters. The second kappa shape index (κ2) is 8.07. The molecular weight excluding hydrogens is 320 g/mol. The number of ketones is 2. The summed E-state index contributed by atoms with van der Waals surface area (Å²) in [6.45, 7) is 3.31. The number of nitrogens with one attached hydrogen (secondary N) is 1. The molecule has 0 unspecified atom stereocenters. The lowest BCUT2D eigenvalue weighted by Crippen LogP contribution is -2.18. The summed E-state index contributed by atoms with van der Waals surface area (Å²) in [6.07, 6.45) is 3.04. The van der Waals surface area contributed by atoms with Crippen LogP contribution in [0, 0.1) is 0 Å². The van der Waals surface area contributed by atoms with E-state index in [-0.39, 0.29) is 28.5 Å². The van der Waals surface area contributed by atoms with E-state index in [1.54, 1.807) is 0 Å². The zero-order valence-electron chi connectivity index (χ0n) is 13.0. The number of H-pyrrole nitrogens is 1. The molecule has 23 heavy (non-hydrogen) atoms. The monoisotopic (exact) mass is 338 g/mol. The van der Waals surface area contributed by atoms with Gasteiger partial charge in [0.25, 0.3) is 0 Å². The molecule has 0 saturated carbocycles. The fourth-order valence-electron chi connectivity index (χ4n) is 2.11. The summed E-state index contributed by atoms with van der Waals surface area (Å²) in [5.74, 6) is -0.784. The van der Waals surface area contributed by atoms with Gasteiger partial charge >= 0.3 is 5.97 Å². The van der Waals surface area contributed by atoms with Crippen molar-refractivity contribution in [2.75, 3.05) is 26.1 Å². The van der Waals surface area contributed by atoms with Crippen molar-refractivity contribution in [1.29, 1.82) is 0 Å². The first-order valence-electron chi connectivity index (χ1n) is 7.28. The van der Waals surface area contributed by atoms with Crippen LogP contribution in [0.3, 0.4) is 0 Å². The van der Waals surface area contributed by atoms with Crippen LogP contribution in [0.2, 0.25) is 0 Å². The Balaban J connectivity index is 2.04. The molecule has 0 bridgehead atoms. The average molecular weight is 338 g/mol. The Kier molecular flexibility index (Phi) is 6.12. The number of thioether (sulfide) groups is 1. The van der Waals surface area contributed by atoms with Crippen LogP contribution in [0.25, 0.3) is 0 Å². The molecule has 2 rings (SSSR count).